The lowest BCUT2D eigenvalue weighted by atomic mass is 10.1. The Morgan fingerprint density at radius 1 is 1.40 bits per heavy atom. The van der Waals surface area contributed by atoms with Crippen LogP contribution in [0, 0.1) is 0 Å². The molecule has 1 aromatic rings. The Balaban J connectivity index is 2.05. The van der Waals surface area contributed by atoms with Gasteiger partial charge in [0.2, 0.25) is 0 Å². The number of rotatable bonds is 2. The standard InChI is InChI=1S/C11H16ClN3/c1-9(15-6-4-13-5-7-15)10-2-3-11(12)14-8-10/h2-3,8-9,13H,4-7H2,1H3/t9-/m0/s1. The lowest BCUT2D eigenvalue weighted by Crippen LogP contribution is -2.44. The van der Waals surface area contributed by atoms with Crippen molar-refractivity contribution in [1.82, 2.24) is 15.2 Å². The minimum atomic E-state index is 0.428. The highest BCUT2D eigenvalue weighted by Crippen LogP contribution is 2.20. The molecule has 1 aliphatic heterocycles. The molecule has 2 rings (SSSR count). The summed E-state index contributed by atoms with van der Waals surface area (Å²) >= 11 is 5.77. The van der Waals surface area contributed by atoms with Gasteiger partial charge in [-0.3, -0.25) is 4.90 Å². The van der Waals surface area contributed by atoms with Crippen LogP contribution in [0.4, 0.5) is 0 Å². The number of nitrogens with zero attached hydrogens (tertiary/aromatic N) is 2. The maximum Gasteiger partial charge on any atom is 0.129 e. The van der Waals surface area contributed by atoms with Crippen LogP contribution in [0.3, 0.4) is 0 Å². The first-order valence-electron chi connectivity index (χ1n) is 5.33. The molecule has 0 bridgehead atoms. The Labute approximate surface area is 95.4 Å². The van der Waals surface area contributed by atoms with E-state index in [9.17, 15) is 0 Å². The predicted octanol–water partition coefficient (Wildman–Crippen LogP) is 1.70. The number of nitrogens with one attached hydrogen (secondary N) is 1. The lowest BCUT2D eigenvalue weighted by molar-refractivity contribution is 0.185. The Bertz CT molecular complexity index is 306. The molecule has 2 heterocycles. The second-order valence-corrected chi connectivity index (χ2v) is 4.26. The predicted molar refractivity (Wildman–Crippen MR) is 62.1 cm³/mol. The summed E-state index contributed by atoms with van der Waals surface area (Å²) in [6, 6.07) is 4.34. The third-order valence-corrected chi connectivity index (χ3v) is 3.16. The summed E-state index contributed by atoms with van der Waals surface area (Å²) in [6.45, 7) is 6.57. The van der Waals surface area contributed by atoms with E-state index < -0.39 is 0 Å². The van der Waals surface area contributed by atoms with Gasteiger partial charge in [0.05, 0.1) is 0 Å². The highest BCUT2D eigenvalue weighted by Gasteiger charge is 2.17. The van der Waals surface area contributed by atoms with Gasteiger partial charge in [0.1, 0.15) is 5.15 Å². The van der Waals surface area contributed by atoms with Gasteiger partial charge in [0.15, 0.2) is 0 Å². The first-order valence-corrected chi connectivity index (χ1v) is 5.71. The number of hydrogen-bond donors (Lipinski definition) is 1. The summed E-state index contributed by atoms with van der Waals surface area (Å²) in [4.78, 5) is 6.58. The maximum absolute atomic E-state index is 5.77. The zero-order valence-electron chi connectivity index (χ0n) is 8.91. The van der Waals surface area contributed by atoms with Gasteiger partial charge in [-0.2, -0.15) is 0 Å². The van der Waals surface area contributed by atoms with E-state index >= 15 is 0 Å². The molecular weight excluding hydrogens is 210 g/mol. The summed E-state index contributed by atoms with van der Waals surface area (Å²) in [5.74, 6) is 0. The molecule has 1 aromatic heterocycles. The van der Waals surface area contributed by atoms with Gasteiger partial charge in [0, 0.05) is 38.4 Å². The van der Waals surface area contributed by atoms with Gasteiger partial charge < -0.3 is 5.32 Å². The Kier molecular flexibility index (Phi) is 3.57. The van der Waals surface area contributed by atoms with Crippen molar-refractivity contribution in [2.75, 3.05) is 26.2 Å². The highest BCUT2D eigenvalue weighted by atomic mass is 35.5. The zero-order chi connectivity index (χ0) is 10.7. The van der Waals surface area contributed by atoms with E-state index in [1.807, 2.05) is 12.3 Å². The zero-order valence-corrected chi connectivity index (χ0v) is 9.67. The molecule has 0 amide bonds. The summed E-state index contributed by atoms with van der Waals surface area (Å²) in [7, 11) is 0. The van der Waals surface area contributed by atoms with E-state index in [2.05, 4.69) is 28.2 Å². The molecule has 82 valence electrons. The van der Waals surface area contributed by atoms with E-state index in [0.717, 1.165) is 26.2 Å². The van der Waals surface area contributed by atoms with Crippen molar-refractivity contribution in [3.8, 4) is 0 Å². The second-order valence-electron chi connectivity index (χ2n) is 3.88. The minimum Gasteiger partial charge on any atom is -0.314 e. The van der Waals surface area contributed by atoms with Crippen molar-refractivity contribution in [3.05, 3.63) is 29.0 Å². The number of aromatic nitrogens is 1. The van der Waals surface area contributed by atoms with Crippen molar-refractivity contribution < 1.29 is 0 Å². The monoisotopic (exact) mass is 225 g/mol. The van der Waals surface area contributed by atoms with Crippen LogP contribution in [0.2, 0.25) is 5.15 Å². The largest absolute Gasteiger partial charge is 0.314 e. The van der Waals surface area contributed by atoms with Crippen molar-refractivity contribution in [3.63, 3.8) is 0 Å². The molecular formula is C11H16ClN3. The fraction of sp³-hybridized carbons (Fsp3) is 0.545. The van der Waals surface area contributed by atoms with Gasteiger partial charge in [-0.25, -0.2) is 4.98 Å². The van der Waals surface area contributed by atoms with Crippen LogP contribution in [0.25, 0.3) is 0 Å². The third kappa shape index (κ3) is 2.68. The molecule has 1 fully saturated rings. The number of pyridine rings is 1. The molecule has 0 aliphatic carbocycles. The Morgan fingerprint density at radius 2 is 2.13 bits per heavy atom. The number of hydrogen-bond acceptors (Lipinski definition) is 3. The summed E-state index contributed by atoms with van der Waals surface area (Å²) in [5.41, 5.74) is 1.24. The number of piperazine rings is 1. The SMILES string of the molecule is C[C@@H](c1ccc(Cl)nc1)N1CCNCC1. The molecule has 0 unspecified atom stereocenters. The van der Waals surface area contributed by atoms with Crippen molar-refractivity contribution in [2.24, 2.45) is 0 Å². The van der Waals surface area contributed by atoms with Crippen LogP contribution >= 0.6 is 11.6 Å². The minimum absolute atomic E-state index is 0.428. The van der Waals surface area contributed by atoms with Crippen molar-refractivity contribution >= 4 is 11.6 Å². The molecule has 0 saturated carbocycles. The Morgan fingerprint density at radius 3 is 2.73 bits per heavy atom. The summed E-state index contributed by atoms with van der Waals surface area (Å²) < 4.78 is 0. The molecule has 1 N–H and O–H groups in total. The van der Waals surface area contributed by atoms with E-state index in [0.29, 0.717) is 11.2 Å². The van der Waals surface area contributed by atoms with E-state index in [4.69, 9.17) is 11.6 Å². The van der Waals surface area contributed by atoms with Crippen LogP contribution in [-0.4, -0.2) is 36.1 Å². The van der Waals surface area contributed by atoms with Gasteiger partial charge in [-0.1, -0.05) is 17.7 Å². The topological polar surface area (TPSA) is 28.2 Å². The van der Waals surface area contributed by atoms with E-state index in [1.54, 1.807) is 0 Å². The van der Waals surface area contributed by atoms with Crippen LogP contribution in [0.1, 0.15) is 18.5 Å². The maximum atomic E-state index is 5.77. The molecule has 0 radical (unpaired) electrons. The first-order chi connectivity index (χ1) is 7.27. The summed E-state index contributed by atoms with van der Waals surface area (Å²) in [6.07, 6.45) is 1.87. The Hall–Kier alpha value is -0.640. The summed E-state index contributed by atoms with van der Waals surface area (Å²) in [5, 5.41) is 3.91. The molecule has 0 spiro atoms. The van der Waals surface area contributed by atoms with E-state index in [-0.39, 0.29) is 0 Å². The van der Waals surface area contributed by atoms with Crippen LogP contribution in [0.5, 0.6) is 0 Å². The van der Waals surface area contributed by atoms with Gasteiger partial charge in [-0.15, -0.1) is 0 Å². The third-order valence-electron chi connectivity index (χ3n) is 2.93. The average molecular weight is 226 g/mol. The van der Waals surface area contributed by atoms with Crippen molar-refractivity contribution in [1.29, 1.82) is 0 Å². The van der Waals surface area contributed by atoms with Gasteiger partial charge in [0.25, 0.3) is 0 Å². The van der Waals surface area contributed by atoms with Crippen LogP contribution in [-0.2, 0) is 0 Å². The molecule has 1 atom stereocenters. The second kappa shape index (κ2) is 4.92. The first kappa shape index (κ1) is 10.9. The molecule has 3 nitrogen and oxygen atoms in total. The lowest BCUT2D eigenvalue weighted by Gasteiger charge is -2.32. The fourth-order valence-corrected chi connectivity index (χ4v) is 2.03. The van der Waals surface area contributed by atoms with Gasteiger partial charge in [-0.05, 0) is 18.6 Å². The fourth-order valence-electron chi connectivity index (χ4n) is 1.91. The average Bonchev–Trinajstić information content (AvgIpc) is 2.30. The molecule has 4 heteroatoms. The molecule has 1 saturated heterocycles. The number of halogens is 1. The molecule has 1 aliphatic rings. The quantitative estimate of drug-likeness (QED) is 0.777. The smallest absolute Gasteiger partial charge is 0.129 e. The van der Waals surface area contributed by atoms with Crippen LogP contribution < -0.4 is 5.32 Å². The van der Waals surface area contributed by atoms with E-state index in [1.165, 1.54) is 5.56 Å². The normalized spacial score (nSPS) is 20.1. The van der Waals surface area contributed by atoms with Crippen LogP contribution in [0.15, 0.2) is 18.3 Å². The van der Waals surface area contributed by atoms with Crippen molar-refractivity contribution in [2.45, 2.75) is 13.0 Å². The molecule has 0 aromatic carbocycles. The molecule has 15 heavy (non-hydrogen) atoms. The van der Waals surface area contributed by atoms with Gasteiger partial charge >= 0.3 is 0 Å². The highest BCUT2D eigenvalue weighted by molar-refractivity contribution is 6.29.